The maximum atomic E-state index is 13.5. The monoisotopic (exact) mass is 231 g/mol. The van der Waals surface area contributed by atoms with Crippen molar-refractivity contribution in [3.63, 3.8) is 0 Å². The van der Waals surface area contributed by atoms with Crippen molar-refractivity contribution < 1.29 is 13.2 Å². The molecule has 4 heteroatoms. The van der Waals surface area contributed by atoms with E-state index in [2.05, 4.69) is 5.32 Å². The number of benzene rings is 1. The van der Waals surface area contributed by atoms with E-state index in [1.807, 2.05) is 13.8 Å². The highest BCUT2D eigenvalue weighted by Crippen LogP contribution is 2.25. The summed E-state index contributed by atoms with van der Waals surface area (Å²) in [5.74, 6) is -2.54. The van der Waals surface area contributed by atoms with Gasteiger partial charge in [-0.15, -0.1) is 0 Å². The van der Waals surface area contributed by atoms with E-state index in [4.69, 9.17) is 0 Å². The van der Waals surface area contributed by atoms with E-state index >= 15 is 0 Å². The molecule has 1 N–H and O–H groups in total. The van der Waals surface area contributed by atoms with Crippen LogP contribution < -0.4 is 5.32 Å². The summed E-state index contributed by atoms with van der Waals surface area (Å²) in [6, 6.07) is 1.22. The lowest BCUT2D eigenvalue weighted by Gasteiger charge is -2.19. The summed E-state index contributed by atoms with van der Waals surface area (Å²) in [5, 5.41) is 2.91. The topological polar surface area (TPSA) is 12.0 Å². The highest BCUT2D eigenvalue weighted by molar-refractivity contribution is 5.23. The number of nitrogens with one attached hydrogen (secondary N) is 1. The van der Waals surface area contributed by atoms with Gasteiger partial charge in [0.25, 0.3) is 0 Å². The van der Waals surface area contributed by atoms with Crippen LogP contribution in [0.4, 0.5) is 13.2 Å². The fourth-order valence-electron chi connectivity index (χ4n) is 1.68. The molecule has 1 aromatic carbocycles. The van der Waals surface area contributed by atoms with E-state index in [9.17, 15) is 13.2 Å². The SMILES string of the molecule is CNC(CC(C)C)c1cc(F)c(F)cc1F. The third-order valence-corrected chi connectivity index (χ3v) is 2.47. The fraction of sp³-hybridized carbons (Fsp3) is 0.500. The van der Waals surface area contributed by atoms with Gasteiger partial charge in [0.1, 0.15) is 5.82 Å². The smallest absolute Gasteiger partial charge is 0.161 e. The molecule has 1 nitrogen and oxygen atoms in total. The van der Waals surface area contributed by atoms with Gasteiger partial charge in [-0.1, -0.05) is 13.8 Å². The molecule has 0 radical (unpaired) electrons. The Hall–Kier alpha value is -1.03. The van der Waals surface area contributed by atoms with Crippen molar-refractivity contribution >= 4 is 0 Å². The fourth-order valence-corrected chi connectivity index (χ4v) is 1.68. The van der Waals surface area contributed by atoms with Crippen LogP contribution in [0.25, 0.3) is 0 Å². The first-order valence-corrected chi connectivity index (χ1v) is 5.27. The number of hydrogen-bond acceptors (Lipinski definition) is 1. The van der Waals surface area contributed by atoms with Gasteiger partial charge < -0.3 is 5.32 Å². The van der Waals surface area contributed by atoms with Gasteiger partial charge in [0.2, 0.25) is 0 Å². The zero-order chi connectivity index (χ0) is 12.3. The van der Waals surface area contributed by atoms with Crippen molar-refractivity contribution in [2.45, 2.75) is 26.3 Å². The Labute approximate surface area is 93.7 Å². The molecule has 0 fully saturated rings. The quantitative estimate of drug-likeness (QED) is 0.783. The molecule has 0 aliphatic heterocycles. The minimum absolute atomic E-state index is 0.176. The summed E-state index contributed by atoms with van der Waals surface area (Å²) < 4.78 is 39.2. The van der Waals surface area contributed by atoms with E-state index in [1.165, 1.54) is 0 Å². The number of halogens is 3. The van der Waals surface area contributed by atoms with Gasteiger partial charge in [0, 0.05) is 17.7 Å². The van der Waals surface area contributed by atoms with E-state index in [0.717, 1.165) is 6.07 Å². The van der Waals surface area contributed by atoms with E-state index in [1.54, 1.807) is 7.05 Å². The molecule has 1 rings (SSSR count). The molecule has 1 unspecified atom stereocenters. The molecule has 1 aromatic rings. The molecule has 0 aliphatic carbocycles. The average Bonchev–Trinajstić information content (AvgIpc) is 2.20. The van der Waals surface area contributed by atoms with Crippen molar-refractivity contribution in [2.75, 3.05) is 7.05 Å². The van der Waals surface area contributed by atoms with Crippen LogP contribution >= 0.6 is 0 Å². The van der Waals surface area contributed by atoms with Gasteiger partial charge in [0.05, 0.1) is 0 Å². The van der Waals surface area contributed by atoms with Crippen molar-refractivity contribution in [3.8, 4) is 0 Å². The lowest BCUT2D eigenvalue weighted by molar-refractivity contribution is 0.428. The Bertz CT molecular complexity index is 364. The maximum absolute atomic E-state index is 13.5. The Morgan fingerprint density at radius 2 is 1.62 bits per heavy atom. The van der Waals surface area contributed by atoms with Crippen molar-refractivity contribution in [3.05, 3.63) is 35.1 Å². The van der Waals surface area contributed by atoms with Crippen LogP contribution in [0.1, 0.15) is 31.9 Å². The summed E-state index contributed by atoms with van der Waals surface area (Å²) in [6.45, 7) is 3.98. The van der Waals surface area contributed by atoms with Crippen molar-refractivity contribution in [1.29, 1.82) is 0 Å². The second-order valence-electron chi connectivity index (χ2n) is 4.26. The first-order chi connectivity index (χ1) is 7.45. The van der Waals surface area contributed by atoms with E-state index < -0.39 is 17.5 Å². The molecular weight excluding hydrogens is 215 g/mol. The molecule has 0 spiro atoms. The van der Waals surface area contributed by atoms with Gasteiger partial charge in [-0.3, -0.25) is 0 Å². The van der Waals surface area contributed by atoms with Gasteiger partial charge >= 0.3 is 0 Å². The van der Waals surface area contributed by atoms with Crippen LogP contribution in [0.15, 0.2) is 12.1 Å². The standard InChI is InChI=1S/C12H16F3N/c1-7(2)4-12(16-3)8-5-10(14)11(15)6-9(8)13/h5-7,12,16H,4H2,1-3H3. The van der Waals surface area contributed by atoms with Crippen LogP contribution in [0.2, 0.25) is 0 Å². The average molecular weight is 231 g/mol. The zero-order valence-electron chi connectivity index (χ0n) is 9.65. The van der Waals surface area contributed by atoms with Crippen LogP contribution in [0.5, 0.6) is 0 Å². The van der Waals surface area contributed by atoms with Crippen LogP contribution in [0, 0.1) is 23.4 Å². The van der Waals surface area contributed by atoms with Gasteiger partial charge in [-0.2, -0.15) is 0 Å². The maximum Gasteiger partial charge on any atom is 0.161 e. The predicted octanol–water partition coefficient (Wildman–Crippen LogP) is 3.41. The minimum atomic E-state index is -1.15. The third kappa shape index (κ3) is 2.98. The molecule has 90 valence electrons. The van der Waals surface area contributed by atoms with Crippen molar-refractivity contribution in [2.24, 2.45) is 5.92 Å². The molecule has 0 saturated heterocycles. The number of rotatable bonds is 4. The summed E-state index contributed by atoms with van der Waals surface area (Å²) in [7, 11) is 1.67. The third-order valence-electron chi connectivity index (χ3n) is 2.47. The Balaban J connectivity index is 3.05. The first-order valence-electron chi connectivity index (χ1n) is 5.27. The molecule has 0 aromatic heterocycles. The lowest BCUT2D eigenvalue weighted by atomic mass is 9.96. The second kappa shape index (κ2) is 5.34. The van der Waals surface area contributed by atoms with Crippen LogP contribution in [-0.4, -0.2) is 7.05 Å². The van der Waals surface area contributed by atoms with Gasteiger partial charge in [-0.05, 0) is 25.5 Å². The minimum Gasteiger partial charge on any atom is -0.313 e. The van der Waals surface area contributed by atoms with Crippen molar-refractivity contribution in [1.82, 2.24) is 5.32 Å². The predicted molar refractivity (Wildman–Crippen MR) is 57.6 cm³/mol. The summed E-state index contributed by atoms with van der Waals surface area (Å²) >= 11 is 0. The molecule has 16 heavy (non-hydrogen) atoms. The second-order valence-corrected chi connectivity index (χ2v) is 4.26. The van der Waals surface area contributed by atoms with E-state index in [0.29, 0.717) is 18.4 Å². The highest BCUT2D eigenvalue weighted by atomic mass is 19.2. The summed E-state index contributed by atoms with van der Waals surface area (Å²) in [6.07, 6.45) is 0.665. The zero-order valence-corrected chi connectivity index (χ0v) is 9.65. The largest absolute Gasteiger partial charge is 0.313 e. The van der Waals surface area contributed by atoms with Crippen LogP contribution in [-0.2, 0) is 0 Å². The summed E-state index contributed by atoms with van der Waals surface area (Å²) in [4.78, 5) is 0. The summed E-state index contributed by atoms with van der Waals surface area (Å²) in [5.41, 5.74) is 0.176. The van der Waals surface area contributed by atoms with Crippen LogP contribution in [0.3, 0.4) is 0 Å². The number of hydrogen-bond donors (Lipinski definition) is 1. The van der Waals surface area contributed by atoms with E-state index in [-0.39, 0.29) is 11.6 Å². The highest BCUT2D eigenvalue weighted by Gasteiger charge is 2.18. The molecule has 0 aliphatic rings. The first kappa shape index (κ1) is 13.0. The Morgan fingerprint density at radius 3 is 2.12 bits per heavy atom. The lowest BCUT2D eigenvalue weighted by Crippen LogP contribution is -2.20. The molecule has 0 amide bonds. The molecule has 0 heterocycles. The molecular formula is C12H16F3N. The molecule has 1 atom stereocenters. The molecule has 0 bridgehead atoms. The Morgan fingerprint density at radius 1 is 1.06 bits per heavy atom. The normalized spacial score (nSPS) is 13.2. The van der Waals surface area contributed by atoms with Gasteiger partial charge in [0.15, 0.2) is 11.6 Å². The Kier molecular flexibility index (Phi) is 4.35. The van der Waals surface area contributed by atoms with Gasteiger partial charge in [-0.25, -0.2) is 13.2 Å². The molecule has 0 saturated carbocycles.